The Kier molecular flexibility index (Phi) is 5.63. The van der Waals surface area contributed by atoms with E-state index >= 15 is 0 Å². The number of aliphatic hydroxyl groups is 1. The first-order chi connectivity index (χ1) is 13.6. The van der Waals surface area contributed by atoms with Gasteiger partial charge in [0.1, 0.15) is 11.5 Å². The molecule has 28 heavy (non-hydrogen) atoms. The van der Waals surface area contributed by atoms with Gasteiger partial charge >= 0.3 is 0 Å². The lowest BCUT2D eigenvalue weighted by molar-refractivity contribution is 0.147. The Morgan fingerprint density at radius 2 is 1.93 bits per heavy atom. The van der Waals surface area contributed by atoms with Gasteiger partial charge in [0.2, 0.25) is 0 Å². The maximum Gasteiger partial charge on any atom is 0.122 e. The van der Waals surface area contributed by atoms with Gasteiger partial charge < -0.3 is 14.6 Å². The quantitative estimate of drug-likeness (QED) is 0.754. The summed E-state index contributed by atoms with van der Waals surface area (Å²) in [4.78, 5) is 0. The van der Waals surface area contributed by atoms with Gasteiger partial charge in [0, 0.05) is 12.7 Å². The van der Waals surface area contributed by atoms with E-state index in [2.05, 4.69) is 25.1 Å². The van der Waals surface area contributed by atoms with E-state index in [4.69, 9.17) is 9.47 Å². The van der Waals surface area contributed by atoms with Gasteiger partial charge in [-0.15, -0.1) is 0 Å². The molecule has 4 rings (SSSR count). The van der Waals surface area contributed by atoms with Gasteiger partial charge in [-0.2, -0.15) is 0 Å². The third-order valence-corrected chi connectivity index (χ3v) is 6.78. The highest BCUT2D eigenvalue weighted by Gasteiger charge is 2.35. The summed E-state index contributed by atoms with van der Waals surface area (Å²) in [6, 6.07) is 15.0. The van der Waals surface area contributed by atoms with E-state index in [1.807, 2.05) is 24.3 Å². The lowest BCUT2D eigenvalue weighted by atomic mass is 9.81. The summed E-state index contributed by atoms with van der Waals surface area (Å²) in [5, 5.41) is 9.65. The van der Waals surface area contributed by atoms with Gasteiger partial charge in [0.25, 0.3) is 0 Å². The molecule has 0 bridgehead atoms. The monoisotopic (exact) mass is 380 g/mol. The minimum absolute atomic E-state index is 0.114. The Labute approximate surface area is 168 Å². The van der Waals surface area contributed by atoms with E-state index in [1.54, 1.807) is 7.11 Å². The molecule has 3 heteroatoms. The van der Waals surface area contributed by atoms with Gasteiger partial charge in [0.05, 0.1) is 13.7 Å². The maximum absolute atomic E-state index is 9.65. The second-order valence-corrected chi connectivity index (χ2v) is 9.04. The van der Waals surface area contributed by atoms with E-state index < -0.39 is 0 Å². The number of hydrogen-bond acceptors (Lipinski definition) is 3. The average Bonchev–Trinajstić information content (AvgIpc) is 3.14. The minimum atomic E-state index is 0.114. The van der Waals surface area contributed by atoms with Crippen LogP contribution in [0.2, 0.25) is 0 Å². The molecule has 2 aliphatic rings. The SMILES string of the molecule is COc1cccc(OC[C@H]2CCc3cc([C@H]4CC[C@](C)(CO)C4)ccc3C2)c1. The smallest absolute Gasteiger partial charge is 0.122 e. The van der Waals surface area contributed by atoms with Gasteiger partial charge in [-0.05, 0) is 84.6 Å². The van der Waals surface area contributed by atoms with Crippen molar-refractivity contribution in [3.05, 3.63) is 59.2 Å². The molecule has 0 radical (unpaired) electrons. The van der Waals surface area contributed by atoms with Crippen LogP contribution in [0.4, 0.5) is 0 Å². The Balaban J connectivity index is 1.37. The van der Waals surface area contributed by atoms with Crippen molar-refractivity contribution >= 4 is 0 Å². The highest BCUT2D eigenvalue weighted by molar-refractivity contribution is 5.37. The number of aryl methyl sites for hydroxylation is 1. The summed E-state index contributed by atoms with van der Waals surface area (Å²) in [6.45, 7) is 3.29. The van der Waals surface area contributed by atoms with E-state index in [0.29, 0.717) is 18.4 Å². The number of fused-ring (bicyclic) bond motifs is 1. The summed E-state index contributed by atoms with van der Waals surface area (Å²) in [6.07, 6.45) is 6.86. The zero-order chi connectivity index (χ0) is 19.6. The summed E-state index contributed by atoms with van der Waals surface area (Å²) in [5.41, 5.74) is 4.59. The fraction of sp³-hybridized carbons (Fsp3) is 0.520. The highest BCUT2D eigenvalue weighted by atomic mass is 16.5. The largest absolute Gasteiger partial charge is 0.497 e. The summed E-state index contributed by atoms with van der Waals surface area (Å²) < 4.78 is 11.3. The molecule has 0 amide bonds. The zero-order valence-electron chi connectivity index (χ0n) is 17.1. The maximum atomic E-state index is 9.65. The lowest BCUT2D eigenvalue weighted by Crippen LogP contribution is -2.21. The molecule has 0 spiro atoms. The van der Waals surface area contributed by atoms with Crippen molar-refractivity contribution in [3.63, 3.8) is 0 Å². The van der Waals surface area contributed by atoms with Gasteiger partial charge in [-0.1, -0.05) is 31.2 Å². The second kappa shape index (κ2) is 8.16. The summed E-state index contributed by atoms with van der Waals surface area (Å²) >= 11 is 0. The van der Waals surface area contributed by atoms with Crippen LogP contribution >= 0.6 is 0 Å². The van der Waals surface area contributed by atoms with Crippen LogP contribution in [-0.4, -0.2) is 25.4 Å². The van der Waals surface area contributed by atoms with E-state index in [0.717, 1.165) is 43.8 Å². The van der Waals surface area contributed by atoms with E-state index in [9.17, 15) is 5.11 Å². The molecule has 1 fully saturated rings. The molecule has 0 aliphatic heterocycles. The molecule has 150 valence electrons. The zero-order valence-corrected chi connectivity index (χ0v) is 17.1. The first-order valence-electron chi connectivity index (χ1n) is 10.6. The molecule has 0 aromatic heterocycles. The van der Waals surface area contributed by atoms with Crippen LogP contribution in [0, 0.1) is 11.3 Å². The van der Waals surface area contributed by atoms with Crippen molar-refractivity contribution in [2.45, 2.75) is 51.4 Å². The number of hydrogen-bond donors (Lipinski definition) is 1. The van der Waals surface area contributed by atoms with Crippen LogP contribution in [0.5, 0.6) is 11.5 Å². The average molecular weight is 381 g/mol. The predicted octanol–water partition coefficient (Wildman–Crippen LogP) is 5.15. The van der Waals surface area contributed by atoms with Crippen LogP contribution in [0.25, 0.3) is 0 Å². The number of aliphatic hydroxyl groups excluding tert-OH is 1. The Bertz CT molecular complexity index is 815. The number of ether oxygens (including phenoxy) is 2. The van der Waals surface area contributed by atoms with E-state index in [-0.39, 0.29) is 5.41 Å². The highest BCUT2D eigenvalue weighted by Crippen LogP contribution is 2.46. The van der Waals surface area contributed by atoms with Crippen LogP contribution in [0.3, 0.4) is 0 Å². The molecule has 2 aliphatic carbocycles. The third kappa shape index (κ3) is 4.20. The molecule has 2 aromatic rings. The van der Waals surface area contributed by atoms with Crippen molar-refractivity contribution < 1.29 is 14.6 Å². The lowest BCUT2D eigenvalue weighted by Gasteiger charge is -2.26. The molecule has 1 saturated carbocycles. The molecule has 0 heterocycles. The first kappa shape index (κ1) is 19.3. The number of rotatable bonds is 6. The number of benzene rings is 2. The van der Waals surface area contributed by atoms with Crippen molar-refractivity contribution in [1.29, 1.82) is 0 Å². The van der Waals surface area contributed by atoms with Gasteiger partial charge in [0.15, 0.2) is 0 Å². The molecular weight excluding hydrogens is 348 g/mol. The number of methoxy groups -OCH3 is 1. The third-order valence-electron chi connectivity index (χ3n) is 6.78. The molecule has 0 unspecified atom stereocenters. The van der Waals surface area contributed by atoms with Crippen LogP contribution in [0.15, 0.2) is 42.5 Å². The fourth-order valence-corrected chi connectivity index (χ4v) is 4.90. The molecule has 0 saturated heterocycles. The summed E-state index contributed by atoms with van der Waals surface area (Å²) in [5.74, 6) is 2.89. The van der Waals surface area contributed by atoms with Crippen molar-refractivity contribution in [2.24, 2.45) is 11.3 Å². The first-order valence-corrected chi connectivity index (χ1v) is 10.6. The molecule has 3 nitrogen and oxygen atoms in total. The molecule has 3 atom stereocenters. The normalized spacial score (nSPS) is 26.7. The Hall–Kier alpha value is -2.00. The van der Waals surface area contributed by atoms with E-state index in [1.165, 1.54) is 29.5 Å². The van der Waals surface area contributed by atoms with Crippen molar-refractivity contribution in [1.82, 2.24) is 0 Å². The van der Waals surface area contributed by atoms with Gasteiger partial charge in [-0.3, -0.25) is 0 Å². The predicted molar refractivity (Wildman–Crippen MR) is 112 cm³/mol. The fourth-order valence-electron chi connectivity index (χ4n) is 4.90. The van der Waals surface area contributed by atoms with Gasteiger partial charge in [-0.25, -0.2) is 0 Å². The molecule has 1 N–H and O–H groups in total. The van der Waals surface area contributed by atoms with Crippen LogP contribution in [-0.2, 0) is 12.8 Å². The molecule has 2 aromatic carbocycles. The second-order valence-electron chi connectivity index (χ2n) is 9.04. The van der Waals surface area contributed by atoms with Crippen LogP contribution < -0.4 is 9.47 Å². The molecular formula is C25H32O3. The van der Waals surface area contributed by atoms with Crippen molar-refractivity contribution in [2.75, 3.05) is 20.3 Å². The van der Waals surface area contributed by atoms with Crippen molar-refractivity contribution in [3.8, 4) is 11.5 Å². The minimum Gasteiger partial charge on any atom is -0.497 e. The topological polar surface area (TPSA) is 38.7 Å². The Morgan fingerprint density at radius 3 is 2.71 bits per heavy atom. The standard InChI is InChI=1S/C25H32O3/c1-25(17-26)11-10-22(15-25)21-9-8-19-12-18(6-7-20(19)13-21)16-28-24-5-3-4-23(14-24)27-2/h3-5,8-9,13-14,18,22,26H,6-7,10-12,15-17H2,1-2H3/t18-,22-,25-/m0/s1. The van der Waals surface area contributed by atoms with Crippen LogP contribution in [0.1, 0.15) is 55.2 Å². The summed E-state index contributed by atoms with van der Waals surface area (Å²) in [7, 11) is 1.68. The Morgan fingerprint density at radius 1 is 1.07 bits per heavy atom.